The van der Waals surface area contributed by atoms with Crippen LogP contribution in [-0.2, 0) is 14.8 Å². The lowest BCUT2D eigenvalue weighted by Gasteiger charge is -2.30. The third-order valence-corrected chi connectivity index (χ3v) is 7.33. The maximum absolute atomic E-state index is 12.7. The molecule has 0 aromatic heterocycles. The van der Waals surface area contributed by atoms with Crippen LogP contribution in [-0.4, -0.2) is 37.0 Å². The minimum Gasteiger partial charge on any atom is -0.324 e. The molecule has 1 saturated heterocycles. The first-order valence-corrected chi connectivity index (χ1v) is 9.81. The Bertz CT molecular complexity index is 695. The number of nitrogens with one attached hydrogen (secondary N) is 1. The summed E-state index contributed by atoms with van der Waals surface area (Å²) >= 11 is 1.45. The van der Waals surface area contributed by atoms with Crippen LogP contribution in [0.1, 0.15) is 26.7 Å². The number of sulfonamides is 1. The summed E-state index contributed by atoms with van der Waals surface area (Å²) in [5.74, 6) is 0.492. The van der Waals surface area contributed by atoms with E-state index in [0.717, 1.165) is 17.7 Å². The van der Waals surface area contributed by atoms with Crippen molar-refractivity contribution < 1.29 is 13.2 Å². The van der Waals surface area contributed by atoms with E-state index in [-0.39, 0.29) is 16.1 Å². The maximum Gasteiger partial charge on any atom is 0.243 e. The smallest absolute Gasteiger partial charge is 0.243 e. The molecule has 0 unspecified atom stereocenters. The molecule has 1 aromatic rings. The Balaban J connectivity index is 1.89. The monoisotopic (exact) mass is 340 g/mol. The summed E-state index contributed by atoms with van der Waals surface area (Å²) in [5.41, 5.74) is 0.597. The lowest BCUT2D eigenvalue weighted by molar-refractivity contribution is -0.115. The molecule has 0 radical (unpaired) electrons. The molecule has 1 amide bonds. The van der Waals surface area contributed by atoms with Crippen LogP contribution in [0.5, 0.6) is 0 Å². The highest BCUT2D eigenvalue weighted by atomic mass is 32.2. The molecular formula is C15H20N2O3S2. The second kappa shape index (κ2) is 5.86. The summed E-state index contributed by atoms with van der Waals surface area (Å²) in [7, 11) is -3.48. The molecule has 1 atom stereocenters. The van der Waals surface area contributed by atoms with Gasteiger partial charge >= 0.3 is 0 Å². The molecule has 1 aromatic carbocycles. The minimum atomic E-state index is -3.48. The lowest BCUT2D eigenvalue weighted by Crippen LogP contribution is -2.38. The molecule has 2 aliphatic rings. The van der Waals surface area contributed by atoms with Gasteiger partial charge in [0.2, 0.25) is 15.9 Å². The molecule has 1 N–H and O–H groups in total. The normalized spacial score (nSPS) is 23.9. The number of thioether (sulfide) groups is 1. The van der Waals surface area contributed by atoms with E-state index < -0.39 is 10.0 Å². The molecule has 22 heavy (non-hydrogen) atoms. The summed E-state index contributed by atoms with van der Waals surface area (Å²) in [4.78, 5) is 12.9. The third kappa shape index (κ3) is 2.89. The van der Waals surface area contributed by atoms with Crippen molar-refractivity contribution in [2.75, 3.05) is 18.4 Å². The summed E-state index contributed by atoms with van der Waals surface area (Å²) in [5, 5.41) is 2.64. The molecule has 120 valence electrons. The van der Waals surface area contributed by atoms with Gasteiger partial charge < -0.3 is 5.32 Å². The van der Waals surface area contributed by atoms with Crippen LogP contribution in [0.15, 0.2) is 28.0 Å². The van der Waals surface area contributed by atoms with Gasteiger partial charge in [0.25, 0.3) is 0 Å². The number of carbonyl (C=O) groups is 1. The molecule has 1 fully saturated rings. The Labute approximate surface area is 135 Å². The Morgan fingerprint density at radius 3 is 2.59 bits per heavy atom. The van der Waals surface area contributed by atoms with Crippen molar-refractivity contribution in [3.05, 3.63) is 18.2 Å². The van der Waals surface area contributed by atoms with Gasteiger partial charge in [-0.25, -0.2) is 8.42 Å². The standard InChI is InChI=1S/C15H20N2O3S2/c1-10-5-7-17(8-6-10)22(19,20)12-3-4-14-13(9-12)16-15(18)11(2)21-14/h3-4,9-11H,5-8H2,1-2H3,(H,16,18)/t11-/m1/s1. The molecule has 2 aliphatic heterocycles. The molecule has 2 heterocycles. The molecule has 0 aliphatic carbocycles. The van der Waals surface area contributed by atoms with E-state index in [1.807, 2.05) is 6.92 Å². The van der Waals surface area contributed by atoms with E-state index in [0.29, 0.717) is 24.7 Å². The van der Waals surface area contributed by atoms with Crippen LogP contribution in [0, 0.1) is 5.92 Å². The summed E-state index contributed by atoms with van der Waals surface area (Å²) in [6.45, 7) is 5.12. The maximum atomic E-state index is 12.7. The first-order chi connectivity index (χ1) is 10.4. The number of hydrogen-bond donors (Lipinski definition) is 1. The highest BCUT2D eigenvalue weighted by Crippen LogP contribution is 2.37. The Morgan fingerprint density at radius 2 is 1.91 bits per heavy atom. The van der Waals surface area contributed by atoms with E-state index in [1.54, 1.807) is 22.5 Å². The minimum absolute atomic E-state index is 0.0844. The fourth-order valence-electron chi connectivity index (χ4n) is 2.72. The van der Waals surface area contributed by atoms with Gasteiger partial charge in [0.15, 0.2) is 0 Å². The summed E-state index contributed by atoms with van der Waals surface area (Å²) in [6, 6.07) is 5.01. The number of carbonyl (C=O) groups excluding carboxylic acids is 1. The SMILES string of the molecule is CC1CCN(S(=O)(=O)c2ccc3c(c2)NC(=O)[C@@H](C)S3)CC1. The van der Waals surface area contributed by atoms with Crippen molar-refractivity contribution in [2.45, 2.75) is 41.7 Å². The highest BCUT2D eigenvalue weighted by Gasteiger charge is 2.30. The predicted octanol–water partition coefficient (Wildman–Crippen LogP) is 2.54. The second-order valence-electron chi connectivity index (χ2n) is 5.99. The van der Waals surface area contributed by atoms with Crippen molar-refractivity contribution in [2.24, 2.45) is 5.92 Å². The molecular weight excluding hydrogens is 320 g/mol. The zero-order chi connectivity index (χ0) is 15.9. The van der Waals surface area contributed by atoms with Crippen LogP contribution in [0.4, 0.5) is 5.69 Å². The van der Waals surface area contributed by atoms with Gasteiger partial charge in [-0.15, -0.1) is 11.8 Å². The van der Waals surface area contributed by atoms with Crippen molar-refractivity contribution in [3.63, 3.8) is 0 Å². The number of amides is 1. The number of benzene rings is 1. The van der Waals surface area contributed by atoms with Crippen molar-refractivity contribution in [3.8, 4) is 0 Å². The third-order valence-electron chi connectivity index (χ3n) is 4.26. The van der Waals surface area contributed by atoms with Crippen LogP contribution in [0.3, 0.4) is 0 Å². The number of rotatable bonds is 2. The average Bonchev–Trinajstić information content (AvgIpc) is 2.48. The number of nitrogens with zero attached hydrogens (tertiary/aromatic N) is 1. The Kier molecular flexibility index (Phi) is 4.22. The van der Waals surface area contributed by atoms with E-state index in [1.165, 1.54) is 11.8 Å². The van der Waals surface area contributed by atoms with Gasteiger partial charge in [-0.05, 0) is 43.9 Å². The topological polar surface area (TPSA) is 66.5 Å². The van der Waals surface area contributed by atoms with Gasteiger partial charge in [-0.2, -0.15) is 4.31 Å². The fourth-order valence-corrected chi connectivity index (χ4v) is 5.15. The molecule has 0 bridgehead atoms. The van der Waals surface area contributed by atoms with E-state index in [4.69, 9.17) is 0 Å². The highest BCUT2D eigenvalue weighted by molar-refractivity contribution is 8.01. The average molecular weight is 340 g/mol. The largest absolute Gasteiger partial charge is 0.324 e. The molecule has 3 rings (SSSR count). The quantitative estimate of drug-likeness (QED) is 0.898. The van der Waals surface area contributed by atoms with E-state index in [9.17, 15) is 13.2 Å². The van der Waals surface area contributed by atoms with Crippen molar-refractivity contribution in [1.82, 2.24) is 4.31 Å². The zero-order valence-corrected chi connectivity index (χ0v) is 14.3. The van der Waals surface area contributed by atoms with Gasteiger partial charge in [-0.3, -0.25) is 4.79 Å². The first-order valence-electron chi connectivity index (χ1n) is 7.49. The van der Waals surface area contributed by atoms with Crippen LogP contribution in [0.25, 0.3) is 0 Å². The predicted molar refractivity (Wildman–Crippen MR) is 87.5 cm³/mol. The zero-order valence-electron chi connectivity index (χ0n) is 12.7. The molecule has 5 nitrogen and oxygen atoms in total. The molecule has 7 heteroatoms. The number of anilines is 1. The molecule has 0 spiro atoms. The van der Waals surface area contributed by atoms with E-state index >= 15 is 0 Å². The van der Waals surface area contributed by atoms with Crippen LogP contribution < -0.4 is 5.32 Å². The van der Waals surface area contributed by atoms with E-state index in [2.05, 4.69) is 12.2 Å². The van der Waals surface area contributed by atoms with Gasteiger partial charge in [0, 0.05) is 18.0 Å². The first kappa shape index (κ1) is 15.8. The Hall–Kier alpha value is -1.05. The van der Waals surface area contributed by atoms with Crippen molar-refractivity contribution in [1.29, 1.82) is 0 Å². The fraction of sp³-hybridized carbons (Fsp3) is 0.533. The summed E-state index contributed by atoms with van der Waals surface area (Å²) in [6.07, 6.45) is 1.79. The summed E-state index contributed by atoms with van der Waals surface area (Å²) < 4.78 is 27.0. The lowest BCUT2D eigenvalue weighted by atomic mass is 10.0. The van der Waals surface area contributed by atoms with Gasteiger partial charge in [0.05, 0.1) is 15.8 Å². The molecule has 0 saturated carbocycles. The van der Waals surface area contributed by atoms with Crippen molar-refractivity contribution >= 4 is 33.4 Å². The number of fused-ring (bicyclic) bond motifs is 1. The Morgan fingerprint density at radius 1 is 1.23 bits per heavy atom. The van der Waals surface area contributed by atoms with Crippen LogP contribution in [0.2, 0.25) is 0 Å². The van der Waals surface area contributed by atoms with Gasteiger partial charge in [-0.1, -0.05) is 6.92 Å². The number of piperidine rings is 1. The number of hydrogen-bond acceptors (Lipinski definition) is 4. The van der Waals surface area contributed by atoms with Crippen LogP contribution >= 0.6 is 11.8 Å². The van der Waals surface area contributed by atoms with Gasteiger partial charge in [0.1, 0.15) is 0 Å². The second-order valence-corrected chi connectivity index (χ2v) is 9.31.